The summed E-state index contributed by atoms with van der Waals surface area (Å²) in [6, 6.07) is 0. The van der Waals surface area contributed by atoms with Crippen LogP contribution in [0.15, 0.2) is 6.20 Å². The van der Waals surface area contributed by atoms with Gasteiger partial charge in [0.25, 0.3) is 0 Å². The van der Waals surface area contributed by atoms with Gasteiger partial charge in [0.1, 0.15) is 12.7 Å². The van der Waals surface area contributed by atoms with Crippen LogP contribution in [0, 0.1) is 23.0 Å². The molecule has 9 heteroatoms. The Morgan fingerprint density at radius 2 is 2.25 bits per heavy atom. The predicted octanol–water partition coefficient (Wildman–Crippen LogP) is 0.327. The predicted molar refractivity (Wildman–Crippen MR) is 68.0 cm³/mol. The molecule has 0 aliphatic carbocycles. The first kappa shape index (κ1) is 15.6. The lowest BCUT2D eigenvalue weighted by Gasteiger charge is -2.10. The zero-order valence-electron chi connectivity index (χ0n) is 11.2. The zero-order chi connectivity index (χ0) is 15.3. The molecular weight excluding hydrogens is 268 g/mol. The van der Waals surface area contributed by atoms with Crippen LogP contribution in [-0.4, -0.2) is 38.0 Å². The summed E-state index contributed by atoms with van der Waals surface area (Å²) in [6.45, 7) is 3.42. The van der Waals surface area contributed by atoms with Gasteiger partial charge < -0.3 is 20.5 Å². The minimum absolute atomic E-state index is 0.0319. The van der Waals surface area contributed by atoms with E-state index in [4.69, 9.17) is 5.11 Å². The van der Waals surface area contributed by atoms with Crippen LogP contribution >= 0.6 is 0 Å². The molecule has 1 aromatic heterocycles. The Bertz CT molecular complexity index is 525. The van der Waals surface area contributed by atoms with E-state index in [-0.39, 0.29) is 37.2 Å². The van der Waals surface area contributed by atoms with E-state index < -0.39 is 10.9 Å². The van der Waals surface area contributed by atoms with Crippen molar-refractivity contribution < 1.29 is 19.6 Å². The van der Waals surface area contributed by atoms with Gasteiger partial charge in [0, 0.05) is 19.9 Å². The van der Waals surface area contributed by atoms with E-state index in [0.717, 1.165) is 0 Å². The third-order valence-electron chi connectivity index (χ3n) is 2.64. The van der Waals surface area contributed by atoms with E-state index >= 15 is 0 Å². The molecule has 1 atom stereocenters. The van der Waals surface area contributed by atoms with Crippen LogP contribution in [0.25, 0.3) is 0 Å². The fourth-order valence-corrected chi connectivity index (χ4v) is 1.61. The van der Waals surface area contributed by atoms with E-state index in [2.05, 4.69) is 10.3 Å². The fourth-order valence-electron chi connectivity index (χ4n) is 1.61. The van der Waals surface area contributed by atoms with E-state index in [0.29, 0.717) is 5.82 Å². The molecular formula is C11H16N4O5. The zero-order valence-corrected chi connectivity index (χ0v) is 11.2. The maximum Gasteiger partial charge on any atom is 0.381 e. The van der Waals surface area contributed by atoms with Gasteiger partial charge in [-0.2, -0.15) is 0 Å². The minimum atomic E-state index is -0.923. The average molecular weight is 284 g/mol. The second-order valence-electron chi connectivity index (χ2n) is 4.54. The maximum absolute atomic E-state index is 11.7. The van der Waals surface area contributed by atoms with Crippen molar-refractivity contribution in [3.05, 3.63) is 22.1 Å². The summed E-state index contributed by atoms with van der Waals surface area (Å²) in [4.78, 5) is 35.7. The number of nitrogens with zero attached hydrogens (tertiary/aromatic N) is 3. The molecule has 1 amide bonds. The highest BCUT2D eigenvalue weighted by molar-refractivity contribution is 5.76. The highest BCUT2D eigenvalue weighted by Gasteiger charge is 2.17. The lowest BCUT2D eigenvalue weighted by atomic mass is 10.1. The summed E-state index contributed by atoms with van der Waals surface area (Å²) in [5.74, 6) is -1.40. The molecule has 1 unspecified atom stereocenters. The SMILES string of the molecule is Cc1nc([N+](=O)[O-])cn1CC(=O)NCC(C)CC(=O)O. The van der Waals surface area contributed by atoms with Crippen LogP contribution in [0.2, 0.25) is 0 Å². The van der Waals surface area contributed by atoms with Crippen molar-refractivity contribution in [1.29, 1.82) is 0 Å². The number of aliphatic carboxylic acids is 1. The second kappa shape index (κ2) is 6.64. The molecule has 0 saturated heterocycles. The molecule has 0 fully saturated rings. The molecule has 0 spiro atoms. The van der Waals surface area contributed by atoms with Crippen LogP contribution < -0.4 is 5.32 Å². The highest BCUT2D eigenvalue weighted by atomic mass is 16.6. The van der Waals surface area contributed by atoms with Crippen molar-refractivity contribution >= 4 is 17.7 Å². The average Bonchev–Trinajstić information content (AvgIpc) is 2.68. The Morgan fingerprint density at radius 1 is 1.60 bits per heavy atom. The maximum atomic E-state index is 11.7. The molecule has 1 heterocycles. The number of hydrogen-bond acceptors (Lipinski definition) is 5. The van der Waals surface area contributed by atoms with Gasteiger partial charge in [0.05, 0.1) is 0 Å². The summed E-state index contributed by atoms with van der Waals surface area (Å²) in [6.07, 6.45) is 1.16. The second-order valence-corrected chi connectivity index (χ2v) is 4.54. The van der Waals surface area contributed by atoms with Crippen molar-refractivity contribution in [3.8, 4) is 0 Å². The smallest absolute Gasteiger partial charge is 0.381 e. The Balaban J connectivity index is 2.50. The summed E-state index contributed by atoms with van der Waals surface area (Å²) in [7, 11) is 0. The number of hydrogen-bond donors (Lipinski definition) is 2. The molecule has 0 bridgehead atoms. The van der Waals surface area contributed by atoms with Crippen LogP contribution in [0.1, 0.15) is 19.2 Å². The molecule has 0 saturated carbocycles. The molecule has 20 heavy (non-hydrogen) atoms. The number of carboxylic acid groups (broad SMARTS) is 1. The molecule has 0 radical (unpaired) electrons. The minimum Gasteiger partial charge on any atom is -0.481 e. The largest absolute Gasteiger partial charge is 0.481 e. The molecule has 0 aliphatic heterocycles. The number of imidazole rings is 1. The Morgan fingerprint density at radius 3 is 2.75 bits per heavy atom. The summed E-state index contributed by atoms with van der Waals surface area (Å²) < 4.78 is 1.37. The number of carbonyl (C=O) groups is 2. The molecule has 2 N–H and O–H groups in total. The third-order valence-corrected chi connectivity index (χ3v) is 2.64. The monoisotopic (exact) mass is 284 g/mol. The van der Waals surface area contributed by atoms with Crippen LogP contribution in [-0.2, 0) is 16.1 Å². The van der Waals surface area contributed by atoms with Gasteiger partial charge in [0.2, 0.25) is 11.7 Å². The van der Waals surface area contributed by atoms with Gasteiger partial charge in [-0.15, -0.1) is 0 Å². The van der Waals surface area contributed by atoms with Crippen LogP contribution in [0.4, 0.5) is 5.82 Å². The van der Waals surface area contributed by atoms with Crippen molar-refractivity contribution in [2.45, 2.75) is 26.8 Å². The number of carboxylic acids is 1. The van der Waals surface area contributed by atoms with E-state index in [1.54, 1.807) is 13.8 Å². The first-order valence-corrected chi connectivity index (χ1v) is 5.96. The first-order chi connectivity index (χ1) is 9.29. The summed E-state index contributed by atoms with van der Waals surface area (Å²) in [5.41, 5.74) is 0. The first-order valence-electron chi connectivity index (χ1n) is 5.96. The topological polar surface area (TPSA) is 127 Å². The number of nitro groups is 1. The fraction of sp³-hybridized carbons (Fsp3) is 0.545. The number of rotatable bonds is 7. The number of carbonyl (C=O) groups excluding carboxylic acids is 1. The molecule has 1 aromatic rings. The van der Waals surface area contributed by atoms with Crippen molar-refractivity contribution in [2.24, 2.45) is 5.92 Å². The Labute approximate surface area is 114 Å². The van der Waals surface area contributed by atoms with E-state index in [1.165, 1.54) is 10.8 Å². The van der Waals surface area contributed by atoms with Gasteiger partial charge in [-0.1, -0.05) is 6.92 Å². The van der Waals surface area contributed by atoms with Gasteiger partial charge in [0.15, 0.2) is 0 Å². The number of aromatic nitrogens is 2. The normalized spacial score (nSPS) is 11.9. The quantitative estimate of drug-likeness (QED) is 0.548. The van der Waals surface area contributed by atoms with E-state index in [1.807, 2.05) is 0 Å². The number of nitrogens with one attached hydrogen (secondary N) is 1. The third kappa shape index (κ3) is 4.67. The van der Waals surface area contributed by atoms with Crippen LogP contribution in [0.5, 0.6) is 0 Å². The molecule has 9 nitrogen and oxygen atoms in total. The van der Waals surface area contributed by atoms with Crippen molar-refractivity contribution in [2.75, 3.05) is 6.54 Å². The van der Waals surface area contributed by atoms with Gasteiger partial charge >= 0.3 is 11.8 Å². The van der Waals surface area contributed by atoms with Gasteiger partial charge in [-0.25, -0.2) is 0 Å². The van der Waals surface area contributed by atoms with Crippen LogP contribution in [0.3, 0.4) is 0 Å². The molecule has 0 aromatic carbocycles. The molecule has 1 rings (SSSR count). The Hall–Kier alpha value is -2.45. The van der Waals surface area contributed by atoms with E-state index in [9.17, 15) is 19.7 Å². The van der Waals surface area contributed by atoms with Gasteiger partial charge in [-0.3, -0.25) is 14.2 Å². The summed E-state index contributed by atoms with van der Waals surface area (Å²) >= 11 is 0. The molecule has 110 valence electrons. The Kier molecular flexibility index (Phi) is 5.18. The van der Waals surface area contributed by atoms with Crippen molar-refractivity contribution in [3.63, 3.8) is 0 Å². The summed E-state index contributed by atoms with van der Waals surface area (Å²) in [5, 5.41) is 21.7. The lowest BCUT2D eigenvalue weighted by Crippen LogP contribution is -2.32. The van der Waals surface area contributed by atoms with Gasteiger partial charge in [-0.05, 0) is 15.8 Å². The van der Waals surface area contributed by atoms with Crippen molar-refractivity contribution in [1.82, 2.24) is 14.9 Å². The lowest BCUT2D eigenvalue weighted by molar-refractivity contribution is -0.389. The molecule has 0 aliphatic rings. The highest BCUT2D eigenvalue weighted by Crippen LogP contribution is 2.09. The standard InChI is InChI=1S/C11H16N4O5/c1-7(3-11(17)18)4-12-10(16)6-14-5-9(15(19)20)13-8(14)2/h5,7H,3-4,6H2,1-2H3,(H,12,16)(H,17,18). The number of amides is 1. The number of aryl methyl sites for hydroxylation is 1.